The summed E-state index contributed by atoms with van der Waals surface area (Å²) in [7, 11) is 0. The fourth-order valence-electron chi connectivity index (χ4n) is 7.84. The van der Waals surface area contributed by atoms with E-state index in [0.717, 1.165) is 61.6 Å². The Morgan fingerprint density at radius 1 is 0.286 bits per heavy atom. The summed E-state index contributed by atoms with van der Waals surface area (Å²) in [4.78, 5) is 2.38. The van der Waals surface area contributed by atoms with Gasteiger partial charge in [-0.2, -0.15) is 0 Å². The van der Waals surface area contributed by atoms with Gasteiger partial charge in [-0.25, -0.2) is 0 Å². The molecule has 0 spiro atoms. The topological polar surface area (TPSA) is 16.4 Å². The van der Waals surface area contributed by atoms with Gasteiger partial charge in [0, 0.05) is 27.9 Å². The molecule has 1 aromatic heterocycles. The molecule has 0 aliphatic carbocycles. The molecule has 264 valence electrons. The molecule has 0 N–H and O–H groups in total. The Bertz CT molecular complexity index is 2910. The van der Waals surface area contributed by atoms with Gasteiger partial charge in [-0.1, -0.05) is 182 Å². The lowest BCUT2D eigenvalue weighted by Crippen LogP contribution is -2.11. The van der Waals surface area contributed by atoms with E-state index in [2.05, 4.69) is 211 Å². The molecule has 0 unspecified atom stereocenters. The van der Waals surface area contributed by atoms with Crippen molar-refractivity contribution in [1.29, 1.82) is 0 Å². The molecule has 0 atom stereocenters. The first-order valence-corrected chi connectivity index (χ1v) is 19.1. The zero-order chi connectivity index (χ0) is 37.3. The van der Waals surface area contributed by atoms with E-state index in [1.54, 1.807) is 0 Å². The lowest BCUT2D eigenvalue weighted by Gasteiger charge is -2.28. The van der Waals surface area contributed by atoms with Crippen LogP contribution in [-0.2, 0) is 0 Å². The van der Waals surface area contributed by atoms with Gasteiger partial charge in [0.2, 0.25) is 0 Å². The molecule has 9 aromatic carbocycles. The van der Waals surface area contributed by atoms with E-state index in [1.807, 2.05) is 18.2 Å². The molecule has 1 heterocycles. The van der Waals surface area contributed by atoms with Gasteiger partial charge in [0.1, 0.15) is 11.3 Å². The van der Waals surface area contributed by atoms with E-state index in [9.17, 15) is 0 Å². The van der Waals surface area contributed by atoms with Crippen LogP contribution in [0.1, 0.15) is 0 Å². The molecule has 2 nitrogen and oxygen atoms in total. The maximum absolute atomic E-state index is 6.27. The second kappa shape index (κ2) is 14.4. The highest BCUT2D eigenvalue weighted by molar-refractivity contribution is 5.94. The average Bonchev–Trinajstić information content (AvgIpc) is 3.72. The number of nitrogens with zero attached hydrogens (tertiary/aromatic N) is 1. The minimum Gasteiger partial charge on any atom is -0.456 e. The van der Waals surface area contributed by atoms with Crippen molar-refractivity contribution in [2.45, 2.75) is 0 Å². The summed E-state index contributed by atoms with van der Waals surface area (Å²) in [6, 6.07) is 80.1. The molecule has 0 saturated heterocycles. The molecule has 0 saturated carbocycles. The Hall–Kier alpha value is -7.42. The molecule has 0 aliphatic heterocycles. The number of hydrogen-bond donors (Lipinski definition) is 0. The predicted molar refractivity (Wildman–Crippen MR) is 236 cm³/mol. The SMILES string of the molecule is c1ccc(-c2ccc(-c3ccccc3N(c3ccc(-c4ccc(-c5ccccc5-c5cc6ccccc6o5)cc4)cc3)c3ccc4ccccc4c3)cc2)cc1. The van der Waals surface area contributed by atoms with Crippen LogP contribution in [0.4, 0.5) is 17.1 Å². The summed E-state index contributed by atoms with van der Waals surface area (Å²) in [6.07, 6.45) is 0. The standard InChI is InChI=1S/C54H37NO/c1-2-12-38(13-3-1)40-24-28-44(29-25-40)50-18-9-10-20-52(50)55(48-35-32-39-14-4-5-15-45(39)36-48)47-33-30-42(31-34-47)41-22-26-43(27-23-41)49-17-7-8-19-51(49)54-37-46-16-6-11-21-53(46)56-54/h1-37H. The predicted octanol–water partition coefficient (Wildman–Crippen LogP) is 15.4. The van der Waals surface area contributed by atoms with Crippen LogP contribution in [0, 0.1) is 0 Å². The third-order valence-corrected chi connectivity index (χ3v) is 10.7. The number of hydrogen-bond acceptors (Lipinski definition) is 2. The van der Waals surface area contributed by atoms with Gasteiger partial charge in [0.25, 0.3) is 0 Å². The third-order valence-electron chi connectivity index (χ3n) is 10.7. The molecule has 0 fully saturated rings. The number of fused-ring (bicyclic) bond motifs is 2. The molecule has 0 bridgehead atoms. The summed E-state index contributed by atoms with van der Waals surface area (Å²) < 4.78 is 6.27. The summed E-state index contributed by atoms with van der Waals surface area (Å²) in [5.41, 5.74) is 14.7. The molecule has 10 rings (SSSR count). The minimum atomic E-state index is 0.878. The lowest BCUT2D eigenvalue weighted by molar-refractivity contribution is 0.632. The first-order valence-electron chi connectivity index (χ1n) is 19.1. The van der Waals surface area contributed by atoms with Crippen molar-refractivity contribution >= 4 is 38.8 Å². The van der Waals surface area contributed by atoms with Crippen LogP contribution in [-0.4, -0.2) is 0 Å². The van der Waals surface area contributed by atoms with Crippen molar-refractivity contribution in [3.63, 3.8) is 0 Å². The Morgan fingerprint density at radius 2 is 0.768 bits per heavy atom. The van der Waals surface area contributed by atoms with Crippen molar-refractivity contribution < 1.29 is 4.42 Å². The maximum Gasteiger partial charge on any atom is 0.136 e. The van der Waals surface area contributed by atoms with Gasteiger partial charge in [-0.3, -0.25) is 0 Å². The monoisotopic (exact) mass is 715 g/mol. The highest BCUT2D eigenvalue weighted by Crippen LogP contribution is 2.43. The van der Waals surface area contributed by atoms with Crippen molar-refractivity contribution in [3.05, 3.63) is 224 Å². The van der Waals surface area contributed by atoms with E-state index in [-0.39, 0.29) is 0 Å². The largest absolute Gasteiger partial charge is 0.456 e. The Kier molecular flexibility index (Phi) is 8.55. The highest BCUT2D eigenvalue weighted by atomic mass is 16.3. The van der Waals surface area contributed by atoms with E-state index in [4.69, 9.17) is 4.42 Å². The Labute approximate surface area is 327 Å². The van der Waals surface area contributed by atoms with Crippen LogP contribution < -0.4 is 4.90 Å². The quantitative estimate of drug-likeness (QED) is 0.156. The van der Waals surface area contributed by atoms with Crippen LogP contribution in [0.25, 0.3) is 77.6 Å². The molecule has 0 radical (unpaired) electrons. The molecular formula is C54H37NO. The molecule has 10 aromatic rings. The molecule has 2 heteroatoms. The third kappa shape index (κ3) is 6.34. The van der Waals surface area contributed by atoms with Crippen LogP contribution in [0.3, 0.4) is 0 Å². The Balaban J connectivity index is 1.00. The van der Waals surface area contributed by atoms with Gasteiger partial charge < -0.3 is 9.32 Å². The zero-order valence-electron chi connectivity index (χ0n) is 30.7. The van der Waals surface area contributed by atoms with Gasteiger partial charge in [0.15, 0.2) is 0 Å². The van der Waals surface area contributed by atoms with E-state index in [0.29, 0.717) is 0 Å². The fraction of sp³-hybridized carbons (Fsp3) is 0. The lowest BCUT2D eigenvalue weighted by atomic mass is 9.95. The number of para-hydroxylation sites is 2. The Morgan fingerprint density at radius 3 is 1.46 bits per heavy atom. The van der Waals surface area contributed by atoms with Crippen molar-refractivity contribution in [1.82, 2.24) is 0 Å². The minimum absolute atomic E-state index is 0.878. The van der Waals surface area contributed by atoms with Gasteiger partial charge in [-0.15, -0.1) is 0 Å². The molecular weight excluding hydrogens is 679 g/mol. The summed E-state index contributed by atoms with van der Waals surface area (Å²) in [5.74, 6) is 0.878. The van der Waals surface area contributed by atoms with Crippen molar-refractivity contribution in [3.8, 4) is 55.8 Å². The first kappa shape index (κ1) is 33.2. The summed E-state index contributed by atoms with van der Waals surface area (Å²) in [6.45, 7) is 0. The van der Waals surface area contributed by atoms with Crippen LogP contribution in [0.2, 0.25) is 0 Å². The second-order valence-corrected chi connectivity index (χ2v) is 14.1. The second-order valence-electron chi connectivity index (χ2n) is 14.1. The van der Waals surface area contributed by atoms with Gasteiger partial charge in [-0.05, 0) is 92.2 Å². The first-order chi connectivity index (χ1) is 27.7. The highest BCUT2D eigenvalue weighted by Gasteiger charge is 2.18. The van der Waals surface area contributed by atoms with Crippen LogP contribution in [0.15, 0.2) is 229 Å². The van der Waals surface area contributed by atoms with Gasteiger partial charge in [0.05, 0.1) is 5.69 Å². The average molecular weight is 716 g/mol. The number of anilines is 3. The van der Waals surface area contributed by atoms with Crippen molar-refractivity contribution in [2.24, 2.45) is 0 Å². The normalized spacial score (nSPS) is 11.2. The van der Waals surface area contributed by atoms with E-state index < -0.39 is 0 Å². The molecule has 56 heavy (non-hydrogen) atoms. The van der Waals surface area contributed by atoms with Crippen LogP contribution >= 0.6 is 0 Å². The number of furan rings is 1. The van der Waals surface area contributed by atoms with Crippen molar-refractivity contribution in [2.75, 3.05) is 4.90 Å². The number of benzene rings is 9. The van der Waals surface area contributed by atoms with Gasteiger partial charge >= 0.3 is 0 Å². The molecule has 0 aliphatic rings. The molecule has 0 amide bonds. The zero-order valence-corrected chi connectivity index (χ0v) is 30.7. The van der Waals surface area contributed by atoms with Crippen LogP contribution in [0.5, 0.6) is 0 Å². The smallest absolute Gasteiger partial charge is 0.136 e. The summed E-state index contributed by atoms with van der Waals surface area (Å²) >= 11 is 0. The summed E-state index contributed by atoms with van der Waals surface area (Å²) in [5, 5.41) is 3.54. The van der Waals surface area contributed by atoms with E-state index in [1.165, 1.54) is 33.0 Å². The van der Waals surface area contributed by atoms with E-state index >= 15 is 0 Å². The number of rotatable bonds is 8. The fourth-order valence-corrected chi connectivity index (χ4v) is 7.84. The maximum atomic E-state index is 6.27.